The lowest BCUT2D eigenvalue weighted by molar-refractivity contribution is 0.0989. The van der Waals surface area contributed by atoms with Crippen LogP contribution in [0.15, 0.2) is 23.1 Å². The highest BCUT2D eigenvalue weighted by Gasteiger charge is 2.09. The number of carbonyl (C=O) groups is 1. The van der Waals surface area contributed by atoms with Gasteiger partial charge in [-0.05, 0) is 17.7 Å². The summed E-state index contributed by atoms with van der Waals surface area (Å²) in [5.41, 5.74) is 1.79. The van der Waals surface area contributed by atoms with E-state index in [-0.39, 0.29) is 5.78 Å². The lowest BCUT2D eigenvalue weighted by Gasteiger charge is -2.05. The van der Waals surface area contributed by atoms with Gasteiger partial charge in [0.05, 0.1) is 0 Å². The van der Waals surface area contributed by atoms with Crippen LogP contribution in [0.25, 0.3) is 0 Å². The van der Waals surface area contributed by atoms with Crippen LogP contribution in [0.5, 0.6) is 0 Å². The van der Waals surface area contributed by atoms with Gasteiger partial charge in [-0.1, -0.05) is 37.9 Å². The quantitative estimate of drug-likeness (QED) is 0.502. The molecule has 0 radical (unpaired) electrons. The predicted molar refractivity (Wildman–Crippen MR) is 69.1 cm³/mol. The minimum Gasteiger partial charge on any atom is -0.294 e. The van der Waals surface area contributed by atoms with Crippen molar-refractivity contribution in [3.8, 4) is 0 Å². The van der Waals surface area contributed by atoms with Gasteiger partial charge in [-0.2, -0.15) is 0 Å². The molecule has 0 bridgehead atoms. The first kappa shape index (κ1) is 12.3. The number of carbonyl (C=O) groups excluding carboxylic acids is 1. The first-order chi connectivity index (χ1) is 6.69. The summed E-state index contributed by atoms with van der Waals surface area (Å²) in [6.07, 6.45) is 0.534. The van der Waals surface area contributed by atoms with Crippen molar-refractivity contribution in [1.82, 2.24) is 0 Å². The van der Waals surface area contributed by atoms with Gasteiger partial charge in [-0.25, -0.2) is 0 Å². The maximum Gasteiger partial charge on any atom is 0.164 e. The molecule has 0 unspecified atom stereocenters. The van der Waals surface area contributed by atoms with Gasteiger partial charge in [-0.3, -0.25) is 4.79 Å². The van der Waals surface area contributed by atoms with E-state index in [1.165, 1.54) is 0 Å². The topological polar surface area (TPSA) is 17.1 Å². The number of thiol groups is 1. The minimum absolute atomic E-state index is 0.171. The molecule has 0 fully saturated rings. The Labute approximate surface area is 106 Å². The van der Waals surface area contributed by atoms with Crippen LogP contribution in [-0.4, -0.2) is 11.1 Å². The van der Waals surface area contributed by atoms with Gasteiger partial charge < -0.3 is 0 Å². The number of alkyl halides is 2. The molecule has 0 heterocycles. The third kappa shape index (κ3) is 3.11. The molecular weight excluding hydrogens is 328 g/mol. The van der Waals surface area contributed by atoms with Gasteiger partial charge in [0.25, 0.3) is 0 Å². The molecule has 0 amide bonds. The summed E-state index contributed by atoms with van der Waals surface area (Å²) in [7, 11) is 0. The van der Waals surface area contributed by atoms with E-state index in [0.717, 1.165) is 16.0 Å². The van der Waals surface area contributed by atoms with Crippen LogP contribution in [-0.2, 0) is 5.33 Å². The molecule has 0 saturated heterocycles. The Morgan fingerprint density at radius 1 is 1.36 bits per heavy atom. The van der Waals surface area contributed by atoms with Crippen molar-refractivity contribution in [1.29, 1.82) is 0 Å². The lowest BCUT2D eigenvalue weighted by Crippen LogP contribution is -2.03. The van der Waals surface area contributed by atoms with Crippen molar-refractivity contribution < 1.29 is 4.79 Å². The summed E-state index contributed by atoms with van der Waals surface area (Å²) in [4.78, 5) is 12.5. The summed E-state index contributed by atoms with van der Waals surface area (Å²) < 4.78 is 0. The highest BCUT2D eigenvalue weighted by molar-refractivity contribution is 9.09. The molecule has 0 aliphatic heterocycles. The van der Waals surface area contributed by atoms with Crippen LogP contribution < -0.4 is 0 Å². The second-order valence-electron chi connectivity index (χ2n) is 2.84. The molecule has 14 heavy (non-hydrogen) atoms. The lowest BCUT2D eigenvalue weighted by atomic mass is 10.0. The Balaban J connectivity index is 3.01. The number of hydrogen-bond acceptors (Lipinski definition) is 2. The van der Waals surface area contributed by atoms with Gasteiger partial charge in [0.15, 0.2) is 5.78 Å². The minimum atomic E-state index is 0.171. The summed E-state index contributed by atoms with van der Waals surface area (Å²) in [5.74, 6) is 0.171. The van der Waals surface area contributed by atoms with E-state index in [4.69, 9.17) is 0 Å². The number of halogens is 2. The Morgan fingerprint density at radius 3 is 2.64 bits per heavy atom. The normalized spacial score (nSPS) is 10.2. The van der Waals surface area contributed by atoms with Crippen LogP contribution >= 0.6 is 44.5 Å². The summed E-state index contributed by atoms with van der Waals surface area (Å²) in [6, 6.07) is 5.60. The number of Topliss-reactive ketones (excluding diaryl/α,β-unsaturated/α-hetero) is 1. The van der Waals surface area contributed by atoms with Gasteiger partial charge >= 0.3 is 0 Å². The van der Waals surface area contributed by atoms with Gasteiger partial charge in [-0.15, -0.1) is 12.6 Å². The van der Waals surface area contributed by atoms with E-state index in [2.05, 4.69) is 44.5 Å². The smallest absolute Gasteiger partial charge is 0.164 e. The molecule has 1 nitrogen and oxygen atoms in total. The third-order valence-electron chi connectivity index (χ3n) is 1.85. The maximum absolute atomic E-state index is 11.7. The predicted octanol–water partition coefficient (Wildman–Crippen LogP) is 3.84. The number of hydrogen-bond donors (Lipinski definition) is 1. The molecule has 1 rings (SSSR count). The summed E-state index contributed by atoms with van der Waals surface area (Å²) in [6.45, 7) is 0. The van der Waals surface area contributed by atoms with Crippen LogP contribution in [0.3, 0.4) is 0 Å². The summed E-state index contributed by atoms with van der Waals surface area (Å²) in [5, 5.41) is 1.39. The Morgan fingerprint density at radius 2 is 2.07 bits per heavy atom. The molecule has 0 aromatic heterocycles. The molecule has 0 N–H and O–H groups in total. The third-order valence-corrected chi connectivity index (χ3v) is 3.13. The Bertz CT molecular complexity index is 339. The van der Waals surface area contributed by atoms with Gasteiger partial charge in [0.1, 0.15) is 0 Å². The molecule has 0 aliphatic rings. The van der Waals surface area contributed by atoms with Crippen molar-refractivity contribution in [2.24, 2.45) is 0 Å². The van der Waals surface area contributed by atoms with Crippen LogP contribution in [0.1, 0.15) is 22.3 Å². The fourth-order valence-electron chi connectivity index (χ4n) is 1.18. The van der Waals surface area contributed by atoms with Gasteiger partial charge in [0.2, 0.25) is 0 Å². The molecule has 0 atom stereocenters. The highest BCUT2D eigenvalue weighted by Crippen LogP contribution is 2.19. The van der Waals surface area contributed by atoms with Gasteiger partial charge in [0, 0.05) is 27.5 Å². The van der Waals surface area contributed by atoms with E-state index in [9.17, 15) is 4.79 Å². The zero-order valence-electron chi connectivity index (χ0n) is 7.46. The van der Waals surface area contributed by atoms with Crippen LogP contribution in [0.4, 0.5) is 0 Å². The van der Waals surface area contributed by atoms with Crippen molar-refractivity contribution >= 4 is 50.3 Å². The fraction of sp³-hybridized carbons (Fsp3) is 0.300. The zero-order valence-corrected chi connectivity index (χ0v) is 11.5. The monoisotopic (exact) mass is 336 g/mol. The van der Waals surface area contributed by atoms with E-state index in [0.29, 0.717) is 17.1 Å². The van der Waals surface area contributed by atoms with Crippen molar-refractivity contribution in [2.75, 3.05) is 5.33 Å². The largest absolute Gasteiger partial charge is 0.294 e. The Hall–Kier alpha value is 0.200. The average Bonchev–Trinajstić information content (AvgIpc) is 2.17. The van der Waals surface area contributed by atoms with Crippen LogP contribution in [0.2, 0.25) is 0 Å². The summed E-state index contributed by atoms with van der Waals surface area (Å²) >= 11 is 10.9. The van der Waals surface area contributed by atoms with Crippen molar-refractivity contribution in [3.05, 3.63) is 29.3 Å². The van der Waals surface area contributed by atoms with E-state index in [1.807, 2.05) is 18.2 Å². The Kier molecular flexibility index (Phi) is 5.20. The first-order valence-corrected chi connectivity index (χ1v) is 6.85. The van der Waals surface area contributed by atoms with E-state index >= 15 is 0 Å². The molecule has 0 spiro atoms. The maximum atomic E-state index is 11.7. The zero-order chi connectivity index (χ0) is 10.6. The number of ketones is 1. The molecule has 76 valence electrons. The van der Waals surface area contributed by atoms with E-state index < -0.39 is 0 Å². The average molecular weight is 338 g/mol. The molecule has 1 aromatic rings. The highest BCUT2D eigenvalue weighted by atomic mass is 79.9. The number of benzene rings is 1. The van der Waals surface area contributed by atoms with E-state index in [1.54, 1.807) is 0 Å². The molecule has 0 aliphatic carbocycles. The SMILES string of the molecule is O=C(CCBr)c1ccc(S)cc1CBr. The molecular formula is C10H10Br2OS. The second-order valence-corrected chi connectivity index (χ2v) is 4.71. The van der Waals surface area contributed by atoms with Crippen LogP contribution in [0, 0.1) is 0 Å². The number of rotatable bonds is 4. The molecule has 0 saturated carbocycles. The first-order valence-electron chi connectivity index (χ1n) is 4.16. The van der Waals surface area contributed by atoms with Crippen molar-refractivity contribution in [2.45, 2.75) is 16.6 Å². The molecule has 4 heteroatoms. The van der Waals surface area contributed by atoms with Crippen molar-refractivity contribution in [3.63, 3.8) is 0 Å². The molecule has 1 aromatic carbocycles. The standard InChI is InChI=1S/C10H10Br2OS/c11-4-3-10(13)9-2-1-8(14)5-7(9)6-12/h1-2,5,14H,3-4,6H2. The second kappa shape index (κ2) is 5.93. The fourth-order valence-corrected chi connectivity index (χ4v) is 2.24.